The first-order valence-electron chi connectivity index (χ1n) is 11.8. The molecule has 0 saturated heterocycles. The van der Waals surface area contributed by atoms with Crippen LogP contribution in [0.4, 0.5) is 5.69 Å². The van der Waals surface area contributed by atoms with E-state index >= 15 is 0 Å². The normalized spacial score (nSPS) is 12.9. The Hall–Kier alpha value is -3.54. The lowest BCUT2D eigenvalue weighted by Crippen LogP contribution is -2.31. The summed E-state index contributed by atoms with van der Waals surface area (Å²) in [6, 6.07) is 27.4. The maximum absolute atomic E-state index is 6.14. The van der Waals surface area contributed by atoms with E-state index in [1.165, 1.54) is 22.4 Å². The van der Waals surface area contributed by atoms with Crippen LogP contribution < -0.4 is 10.1 Å². The summed E-state index contributed by atoms with van der Waals surface area (Å²) < 4.78 is 11.4. The van der Waals surface area contributed by atoms with E-state index in [0.29, 0.717) is 13.2 Å². The summed E-state index contributed by atoms with van der Waals surface area (Å²) in [6.45, 7) is 4.76. The van der Waals surface area contributed by atoms with Crippen molar-refractivity contribution in [1.29, 1.82) is 0 Å². The summed E-state index contributed by atoms with van der Waals surface area (Å²) in [5.74, 6) is 0.894. The van der Waals surface area contributed by atoms with Crippen molar-refractivity contribution >= 4 is 28.2 Å². The second-order valence-electron chi connectivity index (χ2n) is 8.65. The predicted octanol–water partition coefficient (Wildman–Crippen LogP) is 5.66. The maximum atomic E-state index is 6.14. The minimum Gasteiger partial charge on any atom is -0.492 e. The monoisotopic (exact) mass is 453 g/mol. The van der Waals surface area contributed by atoms with E-state index in [9.17, 15) is 0 Å². The molecule has 3 aromatic carbocycles. The predicted molar refractivity (Wildman–Crippen MR) is 140 cm³/mol. The third-order valence-corrected chi connectivity index (χ3v) is 6.23. The number of aromatic amines is 1. The highest BCUT2D eigenvalue weighted by Crippen LogP contribution is 2.30. The lowest BCUT2D eigenvalue weighted by atomic mass is 10.0. The highest BCUT2D eigenvalue weighted by Gasteiger charge is 2.13. The Balaban J connectivity index is 1.23. The van der Waals surface area contributed by atoms with Crippen LogP contribution in [0.5, 0.6) is 5.75 Å². The van der Waals surface area contributed by atoms with Crippen molar-refractivity contribution in [3.63, 3.8) is 0 Å². The molecule has 34 heavy (non-hydrogen) atoms. The molecular weight excluding hydrogens is 422 g/mol. The molecule has 1 aliphatic heterocycles. The SMILES string of the molecule is COCCN(CCOc1ccc2[nH]c(C3=Cc4ccccc4NC3)cc2c1)Cc1ccccc1. The number of hydrogen-bond donors (Lipinski definition) is 2. The van der Waals surface area contributed by atoms with E-state index in [4.69, 9.17) is 9.47 Å². The number of H-pyrrole nitrogens is 1. The zero-order valence-electron chi connectivity index (χ0n) is 19.6. The first-order valence-corrected chi connectivity index (χ1v) is 11.8. The molecular formula is C29H31N3O2. The molecule has 0 atom stereocenters. The molecule has 0 radical (unpaired) electrons. The van der Waals surface area contributed by atoms with Gasteiger partial charge in [0.15, 0.2) is 0 Å². The highest BCUT2D eigenvalue weighted by atomic mass is 16.5. The molecule has 2 N–H and O–H groups in total. The molecule has 0 spiro atoms. The van der Waals surface area contributed by atoms with E-state index < -0.39 is 0 Å². The Bertz CT molecular complexity index is 1260. The number of para-hydroxylation sites is 1. The summed E-state index contributed by atoms with van der Waals surface area (Å²) in [6.07, 6.45) is 2.26. The van der Waals surface area contributed by atoms with Crippen molar-refractivity contribution in [2.45, 2.75) is 6.54 Å². The molecule has 4 aromatic rings. The number of rotatable bonds is 10. The fourth-order valence-electron chi connectivity index (χ4n) is 4.38. The van der Waals surface area contributed by atoms with Crippen molar-refractivity contribution < 1.29 is 9.47 Å². The second kappa shape index (κ2) is 10.6. The molecule has 5 rings (SSSR count). The maximum Gasteiger partial charge on any atom is 0.120 e. The molecule has 0 amide bonds. The van der Waals surface area contributed by atoms with Crippen LogP contribution in [-0.4, -0.2) is 49.8 Å². The Morgan fingerprint density at radius 2 is 1.71 bits per heavy atom. The summed E-state index contributed by atoms with van der Waals surface area (Å²) in [4.78, 5) is 5.93. The Kier molecular flexibility index (Phi) is 6.94. The van der Waals surface area contributed by atoms with Crippen molar-refractivity contribution in [1.82, 2.24) is 9.88 Å². The van der Waals surface area contributed by atoms with Gasteiger partial charge >= 0.3 is 0 Å². The fraction of sp³-hybridized carbons (Fsp3) is 0.241. The third-order valence-electron chi connectivity index (χ3n) is 6.23. The molecule has 0 unspecified atom stereocenters. The van der Waals surface area contributed by atoms with Crippen LogP contribution in [0, 0.1) is 0 Å². The average Bonchev–Trinajstić information content (AvgIpc) is 3.31. The number of anilines is 1. The van der Waals surface area contributed by atoms with Gasteiger partial charge in [-0.1, -0.05) is 48.5 Å². The topological polar surface area (TPSA) is 49.5 Å². The quantitative estimate of drug-likeness (QED) is 0.325. The van der Waals surface area contributed by atoms with Crippen molar-refractivity contribution in [2.24, 2.45) is 0 Å². The van der Waals surface area contributed by atoms with Gasteiger partial charge in [-0.3, -0.25) is 4.90 Å². The van der Waals surface area contributed by atoms with Gasteiger partial charge in [0, 0.05) is 55.6 Å². The molecule has 0 bridgehead atoms. The van der Waals surface area contributed by atoms with Crippen LogP contribution >= 0.6 is 0 Å². The number of ether oxygens (including phenoxy) is 2. The Morgan fingerprint density at radius 3 is 2.59 bits per heavy atom. The minimum atomic E-state index is 0.630. The first-order chi connectivity index (χ1) is 16.8. The summed E-state index contributed by atoms with van der Waals surface area (Å²) in [5.41, 5.74) is 7.22. The molecule has 0 saturated carbocycles. The molecule has 2 heterocycles. The number of fused-ring (bicyclic) bond motifs is 2. The van der Waals surface area contributed by atoms with Gasteiger partial charge in [0.1, 0.15) is 12.4 Å². The van der Waals surface area contributed by atoms with Crippen LogP contribution in [0.1, 0.15) is 16.8 Å². The molecule has 5 heteroatoms. The molecule has 5 nitrogen and oxygen atoms in total. The number of nitrogens with one attached hydrogen (secondary N) is 2. The zero-order valence-corrected chi connectivity index (χ0v) is 19.6. The number of aromatic nitrogens is 1. The smallest absolute Gasteiger partial charge is 0.120 e. The molecule has 0 fully saturated rings. The van der Waals surface area contributed by atoms with Gasteiger partial charge in [-0.15, -0.1) is 0 Å². The summed E-state index contributed by atoms with van der Waals surface area (Å²) >= 11 is 0. The van der Waals surface area contributed by atoms with Crippen LogP contribution in [0.25, 0.3) is 22.6 Å². The zero-order chi connectivity index (χ0) is 23.2. The van der Waals surface area contributed by atoms with Gasteiger partial charge in [0.25, 0.3) is 0 Å². The minimum absolute atomic E-state index is 0.630. The summed E-state index contributed by atoms with van der Waals surface area (Å²) in [7, 11) is 1.75. The van der Waals surface area contributed by atoms with Gasteiger partial charge < -0.3 is 19.8 Å². The second-order valence-corrected chi connectivity index (χ2v) is 8.65. The van der Waals surface area contributed by atoms with Gasteiger partial charge in [0.05, 0.1) is 6.61 Å². The third kappa shape index (κ3) is 5.33. The molecule has 174 valence electrons. The van der Waals surface area contributed by atoms with Crippen LogP contribution in [0.3, 0.4) is 0 Å². The van der Waals surface area contributed by atoms with Gasteiger partial charge in [-0.25, -0.2) is 0 Å². The fourth-order valence-corrected chi connectivity index (χ4v) is 4.38. The standard InChI is InChI=1S/C29H31N3O2/c1-33-15-13-32(21-22-7-3-2-4-8-22)14-16-34-26-11-12-28-24(18-26)19-29(31-28)25-17-23-9-5-6-10-27(23)30-20-25/h2-12,17-19,30-31H,13-16,20-21H2,1H3. The van der Waals surface area contributed by atoms with Crippen molar-refractivity contribution in [2.75, 3.05) is 45.3 Å². The molecule has 0 aliphatic carbocycles. The van der Waals surface area contributed by atoms with Gasteiger partial charge in [-0.2, -0.15) is 0 Å². The van der Waals surface area contributed by atoms with Crippen LogP contribution in [0.2, 0.25) is 0 Å². The summed E-state index contributed by atoms with van der Waals surface area (Å²) in [5, 5.41) is 4.67. The van der Waals surface area contributed by atoms with E-state index in [-0.39, 0.29) is 0 Å². The average molecular weight is 454 g/mol. The number of nitrogens with zero attached hydrogens (tertiary/aromatic N) is 1. The van der Waals surface area contributed by atoms with E-state index in [0.717, 1.165) is 48.5 Å². The molecule has 1 aliphatic rings. The number of methoxy groups -OCH3 is 1. The van der Waals surface area contributed by atoms with Gasteiger partial charge in [0.2, 0.25) is 0 Å². The first kappa shape index (κ1) is 22.3. The van der Waals surface area contributed by atoms with E-state index in [1.54, 1.807) is 7.11 Å². The number of benzene rings is 3. The van der Waals surface area contributed by atoms with Crippen LogP contribution in [0.15, 0.2) is 78.9 Å². The van der Waals surface area contributed by atoms with E-state index in [2.05, 4.69) is 94.1 Å². The lowest BCUT2D eigenvalue weighted by Gasteiger charge is -2.22. The Morgan fingerprint density at radius 1 is 0.882 bits per heavy atom. The van der Waals surface area contributed by atoms with Crippen molar-refractivity contribution in [3.05, 3.63) is 95.7 Å². The van der Waals surface area contributed by atoms with Gasteiger partial charge in [-0.05, 0) is 53.1 Å². The molecule has 1 aromatic heterocycles. The number of hydrogen-bond acceptors (Lipinski definition) is 4. The highest BCUT2D eigenvalue weighted by molar-refractivity contribution is 5.94. The van der Waals surface area contributed by atoms with Crippen molar-refractivity contribution in [3.8, 4) is 5.75 Å². The van der Waals surface area contributed by atoms with E-state index in [1.807, 2.05) is 6.07 Å². The largest absolute Gasteiger partial charge is 0.492 e. The Labute approximate surface area is 201 Å². The lowest BCUT2D eigenvalue weighted by molar-refractivity contribution is 0.131. The van der Waals surface area contributed by atoms with Crippen LogP contribution in [-0.2, 0) is 11.3 Å².